The number of piperidine rings is 1. The fourth-order valence-electron chi connectivity index (χ4n) is 2.27. The number of nitrogens with two attached hydrogens (primary N) is 1. The molecule has 0 saturated carbocycles. The minimum absolute atomic E-state index is 0.258. The Morgan fingerprint density at radius 1 is 1.40 bits per heavy atom. The lowest BCUT2D eigenvalue weighted by Crippen LogP contribution is -2.49. The summed E-state index contributed by atoms with van der Waals surface area (Å²) < 4.78 is 0. The highest BCUT2D eigenvalue weighted by molar-refractivity contribution is 4.82. The molecule has 1 heterocycles. The van der Waals surface area contributed by atoms with E-state index < -0.39 is 0 Å². The first-order chi connectivity index (χ1) is 6.94. The smallest absolute Gasteiger partial charge is 0.0217 e. The van der Waals surface area contributed by atoms with Crippen LogP contribution in [0.4, 0.5) is 0 Å². The molecule has 0 aromatic carbocycles. The molecule has 0 radical (unpaired) electrons. The van der Waals surface area contributed by atoms with Gasteiger partial charge < -0.3 is 15.5 Å². The Kier molecular flexibility index (Phi) is 4.56. The van der Waals surface area contributed by atoms with Gasteiger partial charge in [-0.15, -0.1) is 0 Å². The first kappa shape index (κ1) is 12.9. The lowest BCUT2D eigenvalue weighted by atomic mass is 9.91. The van der Waals surface area contributed by atoms with Crippen molar-refractivity contribution in [1.82, 2.24) is 9.80 Å². The van der Waals surface area contributed by atoms with Gasteiger partial charge in [-0.05, 0) is 45.4 Å². The lowest BCUT2D eigenvalue weighted by Gasteiger charge is -2.39. The fourth-order valence-corrected chi connectivity index (χ4v) is 2.27. The summed E-state index contributed by atoms with van der Waals surface area (Å²) in [6.45, 7) is 8.87. The van der Waals surface area contributed by atoms with Crippen molar-refractivity contribution >= 4 is 0 Å². The summed E-state index contributed by atoms with van der Waals surface area (Å²) in [4.78, 5) is 4.92. The van der Waals surface area contributed by atoms with Gasteiger partial charge in [0.25, 0.3) is 0 Å². The molecular weight excluding hydrogens is 186 g/mol. The van der Waals surface area contributed by atoms with Gasteiger partial charge in [0, 0.05) is 19.1 Å². The zero-order valence-corrected chi connectivity index (χ0v) is 10.8. The number of likely N-dealkylation sites (tertiary alicyclic amines) is 1. The second-order valence-electron chi connectivity index (χ2n) is 5.86. The van der Waals surface area contributed by atoms with Gasteiger partial charge in [0.2, 0.25) is 0 Å². The third kappa shape index (κ3) is 4.09. The van der Waals surface area contributed by atoms with E-state index in [4.69, 9.17) is 5.73 Å². The van der Waals surface area contributed by atoms with E-state index >= 15 is 0 Å². The second kappa shape index (κ2) is 5.28. The highest BCUT2D eigenvalue weighted by Gasteiger charge is 2.26. The number of nitrogens with zero attached hydrogens (tertiary/aromatic N) is 2. The summed E-state index contributed by atoms with van der Waals surface area (Å²) in [6, 6.07) is 0.729. The highest BCUT2D eigenvalue weighted by Crippen LogP contribution is 2.20. The van der Waals surface area contributed by atoms with Crippen LogP contribution in [-0.4, -0.2) is 56.1 Å². The molecule has 1 rings (SSSR count). The molecule has 0 aliphatic carbocycles. The Hall–Kier alpha value is -0.120. The molecule has 3 heteroatoms. The fraction of sp³-hybridized carbons (Fsp3) is 1.00. The highest BCUT2D eigenvalue weighted by atomic mass is 15.2. The minimum atomic E-state index is 0.258. The molecule has 2 N–H and O–H groups in total. The Balaban J connectivity index is 2.43. The predicted octanol–water partition coefficient (Wildman–Crippen LogP) is 0.997. The van der Waals surface area contributed by atoms with Crippen molar-refractivity contribution in [3.05, 3.63) is 0 Å². The summed E-state index contributed by atoms with van der Waals surface area (Å²) in [5.41, 5.74) is 6.04. The molecule has 0 spiro atoms. The Bertz CT molecular complexity index is 189. The van der Waals surface area contributed by atoms with Crippen LogP contribution in [0.5, 0.6) is 0 Å². The summed E-state index contributed by atoms with van der Waals surface area (Å²) in [5.74, 6) is 0. The molecule has 1 saturated heterocycles. The number of hydrogen-bond acceptors (Lipinski definition) is 3. The Morgan fingerprint density at radius 2 is 2.07 bits per heavy atom. The van der Waals surface area contributed by atoms with Crippen LogP contribution in [0.1, 0.15) is 26.7 Å². The van der Waals surface area contributed by atoms with Crippen LogP contribution in [0.15, 0.2) is 0 Å². The summed E-state index contributed by atoms with van der Waals surface area (Å²) in [7, 11) is 4.37. The van der Waals surface area contributed by atoms with Crippen molar-refractivity contribution in [3.8, 4) is 0 Å². The van der Waals surface area contributed by atoms with Gasteiger partial charge in [-0.3, -0.25) is 0 Å². The van der Waals surface area contributed by atoms with Crippen LogP contribution in [0, 0.1) is 5.41 Å². The van der Waals surface area contributed by atoms with Gasteiger partial charge >= 0.3 is 0 Å². The standard InChI is InChI=1S/C12H27N3/c1-12(2,9-13)10-15-7-5-6-11(8-15)14(3)4/h11H,5-10,13H2,1-4H3. The van der Waals surface area contributed by atoms with Crippen molar-refractivity contribution < 1.29 is 0 Å². The predicted molar refractivity (Wildman–Crippen MR) is 66.0 cm³/mol. The monoisotopic (exact) mass is 213 g/mol. The van der Waals surface area contributed by atoms with Gasteiger partial charge in [-0.2, -0.15) is 0 Å². The quantitative estimate of drug-likeness (QED) is 0.756. The van der Waals surface area contributed by atoms with Crippen LogP contribution >= 0.6 is 0 Å². The van der Waals surface area contributed by atoms with Crippen LogP contribution in [0.2, 0.25) is 0 Å². The van der Waals surface area contributed by atoms with E-state index in [0.29, 0.717) is 0 Å². The van der Waals surface area contributed by atoms with Crippen molar-refractivity contribution in [1.29, 1.82) is 0 Å². The Morgan fingerprint density at radius 3 is 2.60 bits per heavy atom. The first-order valence-corrected chi connectivity index (χ1v) is 6.03. The molecule has 1 unspecified atom stereocenters. The van der Waals surface area contributed by atoms with Gasteiger partial charge in [0.05, 0.1) is 0 Å². The first-order valence-electron chi connectivity index (χ1n) is 6.03. The van der Waals surface area contributed by atoms with Crippen LogP contribution in [0.3, 0.4) is 0 Å². The van der Waals surface area contributed by atoms with Gasteiger partial charge in [0.1, 0.15) is 0 Å². The maximum Gasteiger partial charge on any atom is 0.0217 e. The zero-order valence-electron chi connectivity index (χ0n) is 10.8. The molecule has 0 aromatic heterocycles. The van der Waals surface area contributed by atoms with Crippen LogP contribution in [0.25, 0.3) is 0 Å². The molecule has 0 bridgehead atoms. The van der Waals surface area contributed by atoms with E-state index in [9.17, 15) is 0 Å². The summed E-state index contributed by atoms with van der Waals surface area (Å²) >= 11 is 0. The number of rotatable bonds is 4. The molecule has 1 fully saturated rings. The third-order valence-corrected chi connectivity index (χ3v) is 3.42. The largest absolute Gasteiger partial charge is 0.330 e. The van der Waals surface area contributed by atoms with E-state index in [1.165, 1.54) is 25.9 Å². The van der Waals surface area contributed by atoms with Crippen molar-refractivity contribution in [2.24, 2.45) is 11.1 Å². The molecule has 15 heavy (non-hydrogen) atoms. The maximum absolute atomic E-state index is 5.78. The number of hydrogen-bond donors (Lipinski definition) is 1. The minimum Gasteiger partial charge on any atom is -0.330 e. The molecule has 1 aliphatic heterocycles. The van der Waals surface area contributed by atoms with Gasteiger partial charge in [0.15, 0.2) is 0 Å². The van der Waals surface area contributed by atoms with Crippen LogP contribution in [-0.2, 0) is 0 Å². The zero-order chi connectivity index (χ0) is 11.5. The topological polar surface area (TPSA) is 32.5 Å². The lowest BCUT2D eigenvalue weighted by molar-refractivity contribution is 0.0993. The van der Waals surface area contributed by atoms with Gasteiger partial charge in [-0.25, -0.2) is 0 Å². The van der Waals surface area contributed by atoms with Crippen LogP contribution < -0.4 is 5.73 Å². The molecule has 1 atom stereocenters. The maximum atomic E-state index is 5.78. The number of likely N-dealkylation sites (N-methyl/N-ethyl adjacent to an activating group) is 1. The van der Waals surface area contributed by atoms with Gasteiger partial charge in [-0.1, -0.05) is 13.8 Å². The van der Waals surface area contributed by atoms with E-state index in [-0.39, 0.29) is 5.41 Å². The third-order valence-electron chi connectivity index (χ3n) is 3.42. The molecule has 3 nitrogen and oxygen atoms in total. The Labute approximate surface area is 94.6 Å². The summed E-state index contributed by atoms with van der Waals surface area (Å²) in [6.07, 6.45) is 2.66. The molecule has 90 valence electrons. The van der Waals surface area contributed by atoms with E-state index in [0.717, 1.165) is 19.1 Å². The molecule has 0 amide bonds. The summed E-state index contributed by atoms with van der Waals surface area (Å²) in [5, 5.41) is 0. The van der Waals surface area contributed by atoms with E-state index in [1.807, 2.05) is 0 Å². The van der Waals surface area contributed by atoms with E-state index in [2.05, 4.69) is 37.7 Å². The average Bonchev–Trinajstić information content (AvgIpc) is 2.17. The molecule has 1 aliphatic rings. The van der Waals surface area contributed by atoms with Crippen molar-refractivity contribution in [2.75, 3.05) is 40.3 Å². The van der Waals surface area contributed by atoms with Crippen molar-refractivity contribution in [2.45, 2.75) is 32.7 Å². The average molecular weight is 213 g/mol. The normalized spacial score (nSPS) is 24.8. The molecular formula is C12H27N3. The van der Waals surface area contributed by atoms with Crippen molar-refractivity contribution in [3.63, 3.8) is 0 Å². The second-order valence-corrected chi connectivity index (χ2v) is 5.86. The SMILES string of the molecule is CN(C)C1CCCN(CC(C)(C)CN)C1. The van der Waals surface area contributed by atoms with E-state index in [1.54, 1.807) is 0 Å². The molecule has 0 aromatic rings.